The highest BCUT2D eigenvalue weighted by Crippen LogP contribution is 2.41. The fraction of sp³-hybridized carbons (Fsp3) is 0.279. The van der Waals surface area contributed by atoms with E-state index in [4.69, 9.17) is 25.5 Å². The minimum absolute atomic E-state index is 0.0882. The average Bonchev–Trinajstić information content (AvgIpc) is 3.87. The summed E-state index contributed by atoms with van der Waals surface area (Å²) >= 11 is 6.40. The van der Waals surface area contributed by atoms with Gasteiger partial charge in [0.05, 0.1) is 25.4 Å². The van der Waals surface area contributed by atoms with E-state index in [9.17, 15) is 9.59 Å². The Morgan fingerprint density at radius 2 is 1.56 bits per heavy atom. The van der Waals surface area contributed by atoms with Crippen molar-refractivity contribution < 1.29 is 23.5 Å². The van der Waals surface area contributed by atoms with Crippen LogP contribution >= 0.6 is 11.6 Å². The molecule has 4 atom stereocenters. The highest BCUT2D eigenvalue weighted by molar-refractivity contribution is 6.99. The van der Waals surface area contributed by atoms with Crippen LogP contribution in [-0.2, 0) is 36.3 Å². The van der Waals surface area contributed by atoms with Crippen molar-refractivity contribution in [3.8, 4) is 11.1 Å². The van der Waals surface area contributed by atoms with Gasteiger partial charge in [-0.15, -0.1) is 0 Å². The van der Waals surface area contributed by atoms with E-state index in [0.717, 1.165) is 33.5 Å². The van der Waals surface area contributed by atoms with Crippen LogP contribution in [0.3, 0.4) is 0 Å². The summed E-state index contributed by atoms with van der Waals surface area (Å²) in [5, 5.41) is 5.32. The Labute approximate surface area is 326 Å². The number of rotatable bonds is 10. The normalized spacial score (nSPS) is 19.2. The van der Waals surface area contributed by atoms with E-state index < -0.39 is 38.8 Å². The SMILES string of the molecule is CC(=O)O[C@H]1[C@@H](NC(=O)Cc2cccc3c2Cc2ccccc2-3)[C@H](CO[Si](c2ccccc2)(c2ccccc2)C(C)(C)C)O[C@@H]1n1cnc2c(Cl)ncnc21. The molecule has 8 rings (SSSR count). The zero-order valence-electron chi connectivity index (χ0n) is 31.1. The van der Waals surface area contributed by atoms with Crippen molar-refractivity contribution in [2.24, 2.45) is 0 Å². The quantitative estimate of drug-likeness (QED) is 0.0996. The summed E-state index contributed by atoms with van der Waals surface area (Å²) in [7, 11) is -3.04. The maximum atomic E-state index is 14.3. The second-order valence-corrected chi connectivity index (χ2v) is 19.8. The zero-order chi connectivity index (χ0) is 38.3. The molecule has 0 bridgehead atoms. The van der Waals surface area contributed by atoms with Crippen LogP contribution in [0.25, 0.3) is 22.3 Å². The number of carbonyl (C=O) groups excluding carboxylic acids is 2. The largest absolute Gasteiger partial charge is 0.455 e. The van der Waals surface area contributed by atoms with Gasteiger partial charge in [-0.3, -0.25) is 14.2 Å². The van der Waals surface area contributed by atoms with Crippen molar-refractivity contribution in [1.29, 1.82) is 0 Å². The van der Waals surface area contributed by atoms with Crippen LogP contribution in [0.5, 0.6) is 0 Å². The summed E-state index contributed by atoms with van der Waals surface area (Å²) < 4.78 is 21.9. The molecule has 2 aliphatic rings. The lowest BCUT2D eigenvalue weighted by atomic mass is 9.98. The first-order chi connectivity index (χ1) is 26.5. The first kappa shape index (κ1) is 36.8. The number of nitrogens with one attached hydrogen (secondary N) is 1. The number of nitrogens with zero attached hydrogens (tertiary/aromatic N) is 4. The Hall–Kier alpha value is -5.20. The monoisotopic (exact) mass is 771 g/mol. The second kappa shape index (κ2) is 14.8. The third-order valence-corrected chi connectivity index (χ3v) is 16.0. The van der Waals surface area contributed by atoms with Gasteiger partial charge in [0.15, 0.2) is 23.1 Å². The summed E-state index contributed by atoms with van der Waals surface area (Å²) in [5.41, 5.74) is 6.44. The maximum absolute atomic E-state index is 14.3. The van der Waals surface area contributed by atoms with Crippen molar-refractivity contribution >= 4 is 53.3 Å². The third-order valence-electron chi connectivity index (χ3n) is 10.7. The van der Waals surface area contributed by atoms with E-state index in [2.05, 4.69) is 83.5 Å². The Kier molecular flexibility index (Phi) is 9.89. The van der Waals surface area contributed by atoms with Gasteiger partial charge in [0.1, 0.15) is 17.9 Å². The van der Waals surface area contributed by atoms with Crippen molar-refractivity contribution in [3.05, 3.63) is 138 Å². The Morgan fingerprint density at radius 1 is 0.891 bits per heavy atom. The number of amides is 1. The molecule has 1 N–H and O–H groups in total. The third kappa shape index (κ3) is 6.75. The molecule has 4 aromatic carbocycles. The number of fused-ring (bicyclic) bond motifs is 4. The molecule has 1 fully saturated rings. The van der Waals surface area contributed by atoms with E-state index >= 15 is 0 Å². The predicted molar refractivity (Wildman–Crippen MR) is 214 cm³/mol. The molecule has 0 radical (unpaired) electrons. The van der Waals surface area contributed by atoms with Crippen LogP contribution in [0.15, 0.2) is 116 Å². The molecule has 1 saturated heterocycles. The molecule has 6 aromatic rings. The highest BCUT2D eigenvalue weighted by Gasteiger charge is 2.54. The summed E-state index contributed by atoms with van der Waals surface area (Å²) in [4.78, 5) is 40.1. The smallest absolute Gasteiger partial charge is 0.303 e. The average molecular weight is 772 g/mol. The van der Waals surface area contributed by atoms with E-state index in [0.29, 0.717) is 11.2 Å². The van der Waals surface area contributed by atoms with Crippen molar-refractivity contribution in [2.45, 2.75) is 70.1 Å². The molecule has 3 heterocycles. The number of imidazole rings is 1. The zero-order valence-corrected chi connectivity index (χ0v) is 32.9. The summed E-state index contributed by atoms with van der Waals surface area (Å²) in [5.74, 6) is -0.755. The Morgan fingerprint density at radius 3 is 2.25 bits per heavy atom. The lowest BCUT2D eigenvalue weighted by Crippen LogP contribution is -2.67. The fourth-order valence-corrected chi connectivity index (χ4v) is 13.1. The van der Waals surface area contributed by atoms with Gasteiger partial charge >= 0.3 is 5.97 Å². The molecule has 0 spiro atoms. The molecule has 280 valence electrons. The molecule has 1 aliphatic heterocycles. The number of ether oxygens (including phenoxy) is 2. The van der Waals surface area contributed by atoms with E-state index in [1.54, 1.807) is 10.9 Å². The molecule has 1 amide bonds. The Balaban J connectivity index is 1.17. The minimum atomic E-state index is -3.04. The van der Waals surface area contributed by atoms with Crippen molar-refractivity contribution in [2.75, 3.05) is 6.61 Å². The van der Waals surface area contributed by atoms with Gasteiger partial charge in [-0.2, -0.15) is 0 Å². The fourth-order valence-electron chi connectivity index (χ4n) is 8.37. The van der Waals surface area contributed by atoms with Gasteiger partial charge < -0.3 is 19.2 Å². The topological polar surface area (TPSA) is 117 Å². The van der Waals surface area contributed by atoms with E-state index in [-0.39, 0.29) is 29.1 Å². The lowest BCUT2D eigenvalue weighted by molar-refractivity contribution is -0.153. The van der Waals surface area contributed by atoms with E-state index in [1.807, 2.05) is 60.7 Å². The molecule has 0 unspecified atom stereocenters. The first-order valence-corrected chi connectivity index (χ1v) is 20.7. The second-order valence-electron chi connectivity index (χ2n) is 15.1. The highest BCUT2D eigenvalue weighted by atomic mass is 35.5. The van der Waals surface area contributed by atoms with Gasteiger partial charge in [0.2, 0.25) is 5.91 Å². The van der Waals surface area contributed by atoms with Gasteiger partial charge in [0.25, 0.3) is 8.32 Å². The molecule has 10 nitrogen and oxygen atoms in total. The van der Waals surface area contributed by atoms with Gasteiger partial charge in [-0.1, -0.05) is 136 Å². The number of carbonyl (C=O) groups is 2. The number of halogens is 1. The summed E-state index contributed by atoms with van der Waals surface area (Å²) in [6, 6.07) is 34.3. The number of benzene rings is 4. The number of hydrogen-bond donors (Lipinski definition) is 1. The molecule has 12 heteroatoms. The maximum Gasteiger partial charge on any atom is 0.303 e. The van der Waals surface area contributed by atoms with Gasteiger partial charge in [-0.05, 0) is 49.6 Å². The van der Waals surface area contributed by atoms with Crippen LogP contribution < -0.4 is 15.7 Å². The first-order valence-electron chi connectivity index (χ1n) is 18.4. The van der Waals surface area contributed by atoms with Crippen LogP contribution in [-0.4, -0.2) is 64.6 Å². The molecule has 2 aromatic heterocycles. The number of esters is 1. The van der Waals surface area contributed by atoms with Crippen molar-refractivity contribution in [3.63, 3.8) is 0 Å². The standard InChI is InChI=1S/C43H42ClN5O5Si/c1-27(50)53-39-37(48-36(51)23-29-15-13-21-33-32-20-12-11-14-28(32)22-34(29)33)35(54-42(39)49-26-47-38-40(44)45-25-46-41(38)49)24-52-55(43(2,3)4,30-16-7-5-8-17-30)31-18-9-6-10-19-31/h5-21,25-26,35,37,39,42H,22-24H2,1-4H3,(H,48,51)/t35-,37-,39-,42-/m0/s1. The Bertz CT molecular complexity index is 2330. The van der Waals surface area contributed by atoms with Crippen molar-refractivity contribution in [1.82, 2.24) is 24.8 Å². The van der Waals surface area contributed by atoms with E-state index in [1.165, 1.54) is 24.4 Å². The minimum Gasteiger partial charge on any atom is -0.455 e. The van der Waals surface area contributed by atoms with Crippen LogP contribution in [0.4, 0.5) is 0 Å². The molecular weight excluding hydrogens is 730 g/mol. The van der Waals surface area contributed by atoms with Crippen LogP contribution in [0, 0.1) is 0 Å². The molecule has 1 aliphatic carbocycles. The van der Waals surface area contributed by atoms with Crippen LogP contribution in [0.2, 0.25) is 10.2 Å². The molecular formula is C43H42ClN5O5Si. The lowest BCUT2D eigenvalue weighted by Gasteiger charge is -2.43. The molecule has 0 saturated carbocycles. The number of aromatic nitrogens is 4. The van der Waals surface area contributed by atoms with Gasteiger partial charge in [0, 0.05) is 6.92 Å². The summed E-state index contributed by atoms with van der Waals surface area (Å²) in [6.07, 6.45) is 1.14. The summed E-state index contributed by atoms with van der Waals surface area (Å²) in [6.45, 7) is 8.05. The molecule has 55 heavy (non-hydrogen) atoms. The van der Waals surface area contributed by atoms with Gasteiger partial charge in [-0.25, -0.2) is 15.0 Å². The predicted octanol–water partition coefficient (Wildman–Crippen LogP) is 6.18. The van der Waals surface area contributed by atoms with Crippen LogP contribution in [0.1, 0.15) is 50.6 Å². The number of hydrogen-bond acceptors (Lipinski definition) is 8.